The Bertz CT molecular complexity index is 309. The predicted octanol–water partition coefficient (Wildman–Crippen LogP) is 3.39. The summed E-state index contributed by atoms with van der Waals surface area (Å²) in [7, 11) is 0. The summed E-state index contributed by atoms with van der Waals surface area (Å²) in [6.07, 6.45) is 9.91. The van der Waals surface area contributed by atoms with E-state index in [9.17, 15) is 4.79 Å². The number of ketones is 1. The lowest BCUT2D eigenvalue weighted by Crippen LogP contribution is -2.19. The van der Waals surface area contributed by atoms with Gasteiger partial charge in [-0.15, -0.1) is 0 Å². The van der Waals surface area contributed by atoms with Crippen molar-refractivity contribution in [2.45, 2.75) is 44.9 Å². The molecule has 2 aliphatic rings. The third kappa shape index (κ3) is 2.55. The van der Waals surface area contributed by atoms with Crippen molar-refractivity contribution in [1.29, 1.82) is 0 Å². The molecule has 1 aliphatic heterocycles. The van der Waals surface area contributed by atoms with Gasteiger partial charge >= 0.3 is 0 Å². The molecule has 0 N–H and O–H groups in total. The molecule has 0 aromatic heterocycles. The molecule has 0 spiro atoms. The lowest BCUT2D eigenvalue weighted by Gasteiger charge is -2.24. The number of carbonyl (C=O) groups excluding carboxylic acids is 1. The second kappa shape index (κ2) is 5.33. The van der Waals surface area contributed by atoms with Gasteiger partial charge in [0.15, 0.2) is 5.76 Å². The van der Waals surface area contributed by atoms with Crippen molar-refractivity contribution >= 4 is 5.78 Å². The first kappa shape index (κ1) is 11.4. The van der Waals surface area contributed by atoms with Gasteiger partial charge in [0, 0.05) is 0 Å². The van der Waals surface area contributed by atoms with Gasteiger partial charge in [-0.25, -0.2) is 0 Å². The molecule has 1 saturated carbocycles. The highest BCUT2D eigenvalue weighted by molar-refractivity contribution is 6.06. The predicted molar refractivity (Wildman–Crippen MR) is 64.0 cm³/mol. The number of hydrogen-bond acceptors (Lipinski definition) is 2. The first-order chi connectivity index (χ1) is 7.79. The Morgan fingerprint density at radius 1 is 1.25 bits per heavy atom. The van der Waals surface area contributed by atoms with Gasteiger partial charge in [0.2, 0.25) is 5.78 Å². The summed E-state index contributed by atoms with van der Waals surface area (Å²) < 4.78 is 5.40. The molecule has 2 rings (SSSR count). The Morgan fingerprint density at radius 3 is 2.62 bits per heavy atom. The van der Waals surface area contributed by atoms with E-state index in [-0.39, 0.29) is 5.78 Å². The number of rotatable bonds is 3. The van der Waals surface area contributed by atoms with Crippen LogP contribution in [0, 0.1) is 5.92 Å². The zero-order valence-corrected chi connectivity index (χ0v) is 9.84. The second-order valence-electron chi connectivity index (χ2n) is 4.75. The summed E-state index contributed by atoms with van der Waals surface area (Å²) in [4.78, 5) is 12.1. The third-order valence-electron chi connectivity index (χ3n) is 3.55. The molecular weight excluding hydrogens is 200 g/mol. The van der Waals surface area contributed by atoms with Gasteiger partial charge in [0.05, 0.1) is 6.61 Å². The molecule has 0 aromatic rings. The fourth-order valence-corrected chi connectivity index (χ4v) is 2.51. The van der Waals surface area contributed by atoms with Crippen LogP contribution < -0.4 is 0 Å². The molecule has 2 nitrogen and oxygen atoms in total. The van der Waals surface area contributed by atoms with Crippen LogP contribution in [0.3, 0.4) is 0 Å². The largest absolute Gasteiger partial charge is 0.490 e. The molecular formula is C14H20O2. The molecule has 0 atom stereocenters. The minimum Gasteiger partial charge on any atom is -0.490 e. The topological polar surface area (TPSA) is 26.3 Å². The molecule has 1 heterocycles. The Hall–Kier alpha value is -1.05. The zero-order chi connectivity index (χ0) is 11.4. The molecule has 0 amide bonds. The fraction of sp³-hybridized carbons (Fsp3) is 0.643. The summed E-state index contributed by atoms with van der Waals surface area (Å²) >= 11 is 0. The summed E-state index contributed by atoms with van der Waals surface area (Å²) in [6, 6.07) is 0. The molecule has 0 radical (unpaired) electrons. The standard InChI is InChI=1S/C14H20O2/c1-11(12-7-3-2-4-8-12)14(15)13-9-5-6-10-16-13/h9,12H,1-8,10H2. The maximum atomic E-state index is 12.1. The van der Waals surface area contributed by atoms with Crippen LogP contribution in [-0.2, 0) is 9.53 Å². The highest BCUT2D eigenvalue weighted by atomic mass is 16.5. The van der Waals surface area contributed by atoms with E-state index in [0.717, 1.165) is 31.3 Å². The Kier molecular flexibility index (Phi) is 3.81. The average molecular weight is 220 g/mol. The minimum atomic E-state index is 0.0478. The molecule has 16 heavy (non-hydrogen) atoms. The first-order valence-electron chi connectivity index (χ1n) is 6.35. The average Bonchev–Trinajstić information content (AvgIpc) is 2.39. The number of ether oxygens (including phenoxy) is 1. The van der Waals surface area contributed by atoms with E-state index in [1.165, 1.54) is 19.3 Å². The molecule has 0 aromatic carbocycles. The lowest BCUT2D eigenvalue weighted by molar-refractivity contribution is -0.116. The molecule has 0 saturated heterocycles. The summed E-state index contributed by atoms with van der Waals surface area (Å²) in [5, 5.41) is 0. The van der Waals surface area contributed by atoms with Crippen LogP contribution in [0.5, 0.6) is 0 Å². The van der Waals surface area contributed by atoms with Crippen LogP contribution >= 0.6 is 0 Å². The lowest BCUT2D eigenvalue weighted by atomic mass is 9.82. The van der Waals surface area contributed by atoms with Crippen LogP contribution in [-0.4, -0.2) is 12.4 Å². The van der Waals surface area contributed by atoms with Gasteiger partial charge in [-0.1, -0.05) is 25.8 Å². The Morgan fingerprint density at radius 2 is 2.00 bits per heavy atom. The van der Waals surface area contributed by atoms with Crippen molar-refractivity contribution in [2.24, 2.45) is 5.92 Å². The monoisotopic (exact) mass is 220 g/mol. The van der Waals surface area contributed by atoms with Crippen molar-refractivity contribution < 1.29 is 9.53 Å². The highest BCUT2D eigenvalue weighted by Gasteiger charge is 2.24. The molecule has 1 fully saturated rings. The van der Waals surface area contributed by atoms with E-state index in [4.69, 9.17) is 4.74 Å². The van der Waals surface area contributed by atoms with E-state index in [1.807, 2.05) is 6.08 Å². The highest BCUT2D eigenvalue weighted by Crippen LogP contribution is 2.31. The third-order valence-corrected chi connectivity index (χ3v) is 3.55. The quantitative estimate of drug-likeness (QED) is 0.681. The van der Waals surface area contributed by atoms with Crippen molar-refractivity contribution in [3.8, 4) is 0 Å². The van der Waals surface area contributed by atoms with E-state index in [1.54, 1.807) is 0 Å². The van der Waals surface area contributed by atoms with Gasteiger partial charge in [-0.2, -0.15) is 0 Å². The van der Waals surface area contributed by atoms with E-state index >= 15 is 0 Å². The van der Waals surface area contributed by atoms with E-state index in [0.29, 0.717) is 18.3 Å². The summed E-state index contributed by atoms with van der Waals surface area (Å²) in [6.45, 7) is 4.66. The summed E-state index contributed by atoms with van der Waals surface area (Å²) in [5.74, 6) is 0.987. The molecule has 2 heteroatoms. The SMILES string of the molecule is C=C(C(=O)C1=CCCCO1)C1CCCCC1. The van der Waals surface area contributed by atoms with Crippen LogP contribution in [0.25, 0.3) is 0 Å². The van der Waals surface area contributed by atoms with Crippen LogP contribution in [0.1, 0.15) is 44.9 Å². The fourth-order valence-electron chi connectivity index (χ4n) is 2.51. The maximum Gasteiger partial charge on any atom is 0.222 e. The van der Waals surface area contributed by atoms with Gasteiger partial charge in [-0.3, -0.25) is 4.79 Å². The molecule has 0 unspecified atom stereocenters. The first-order valence-corrected chi connectivity index (χ1v) is 6.35. The number of allylic oxidation sites excluding steroid dienone is 2. The molecule has 88 valence electrons. The minimum absolute atomic E-state index is 0.0478. The Labute approximate surface area is 97.4 Å². The van der Waals surface area contributed by atoms with Crippen molar-refractivity contribution in [2.75, 3.05) is 6.61 Å². The number of carbonyl (C=O) groups is 1. The van der Waals surface area contributed by atoms with Gasteiger partial charge in [0.25, 0.3) is 0 Å². The second-order valence-corrected chi connectivity index (χ2v) is 4.75. The van der Waals surface area contributed by atoms with Crippen molar-refractivity contribution in [1.82, 2.24) is 0 Å². The van der Waals surface area contributed by atoms with E-state index in [2.05, 4.69) is 6.58 Å². The molecule has 1 aliphatic carbocycles. The van der Waals surface area contributed by atoms with Gasteiger partial charge < -0.3 is 4.74 Å². The van der Waals surface area contributed by atoms with Gasteiger partial charge in [-0.05, 0) is 43.3 Å². The van der Waals surface area contributed by atoms with Crippen LogP contribution in [0.2, 0.25) is 0 Å². The number of hydrogen-bond donors (Lipinski definition) is 0. The smallest absolute Gasteiger partial charge is 0.222 e. The van der Waals surface area contributed by atoms with Crippen LogP contribution in [0.15, 0.2) is 24.0 Å². The Balaban J connectivity index is 1.97. The summed E-state index contributed by atoms with van der Waals surface area (Å²) in [5.41, 5.74) is 0.771. The normalized spacial score (nSPS) is 22.1. The zero-order valence-electron chi connectivity index (χ0n) is 9.84. The van der Waals surface area contributed by atoms with Crippen molar-refractivity contribution in [3.63, 3.8) is 0 Å². The van der Waals surface area contributed by atoms with Crippen LogP contribution in [0.4, 0.5) is 0 Å². The van der Waals surface area contributed by atoms with Gasteiger partial charge in [0.1, 0.15) is 0 Å². The van der Waals surface area contributed by atoms with E-state index < -0.39 is 0 Å². The maximum absolute atomic E-state index is 12.1. The van der Waals surface area contributed by atoms with Crippen molar-refractivity contribution in [3.05, 3.63) is 24.0 Å². The number of Topliss-reactive ketones (excluding diaryl/α,β-unsaturated/α-hetero) is 1. The molecule has 0 bridgehead atoms.